The molecular weight excluding hydrogens is 268 g/mol. The van der Waals surface area contributed by atoms with Gasteiger partial charge in [-0.05, 0) is 62.0 Å². The van der Waals surface area contributed by atoms with Gasteiger partial charge in [-0.2, -0.15) is 0 Å². The highest BCUT2D eigenvalue weighted by Crippen LogP contribution is 2.45. The summed E-state index contributed by atoms with van der Waals surface area (Å²) in [5.41, 5.74) is 5.06. The van der Waals surface area contributed by atoms with Gasteiger partial charge in [0.15, 0.2) is 0 Å². The van der Waals surface area contributed by atoms with Gasteiger partial charge in [0.2, 0.25) is 0 Å². The van der Waals surface area contributed by atoms with Gasteiger partial charge in [0.1, 0.15) is 11.4 Å². The molecule has 2 aromatic carbocycles. The normalized spacial score (nSPS) is 19.2. The lowest BCUT2D eigenvalue weighted by molar-refractivity contribution is 0.0746. The number of aryl methyl sites for hydroxylation is 1. The van der Waals surface area contributed by atoms with E-state index in [1.807, 2.05) is 0 Å². The Morgan fingerprint density at radius 2 is 1.68 bits per heavy atom. The summed E-state index contributed by atoms with van der Waals surface area (Å²) >= 11 is 0. The van der Waals surface area contributed by atoms with Gasteiger partial charge in [0.25, 0.3) is 0 Å². The molecule has 0 saturated heterocycles. The number of hydrogen-bond acceptors (Lipinski definition) is 1. The highest BCUT2D eigenvalue weighted by atomic mass is 16.5. The van der Waals surface area contributed by atoms with Crippen molar-refractivity contribution in [3.05, 3.63) is 71.3 Å². The minimum atomic E-state index is -0.0916. The molecule has 1 saturated carbocycles. The SMILES string of the molecule is Cc1ccc2c(c1)C(c1ccccc1)=CC1(CCCCC1)O2. The number of fused-ring (bicyclic) bond motifs is 1. The first kappa shape index (κ1) is 13.6. The fraction of sp³-hybridized carbons (Fsp3) is 0.333. The van der Waals surface area contributed by atoms with Crippen LogP contribution in [0.25, 0.3) is 5.57 Å². The largest absolute Gasteiger partial charge is 0.483 e. The topological polar surface area (TPSA) is 9.23 Å². The lowest BCUT2D eigenvalue weighted by Gasteiger charge is -2.40. The second kappa shape index (κ2) is 5.31. The van der Waals surface area contributed by atoms with E-state index in [2.05, 4.69) is 61.5 Å². The van der Waals surface area contributed by atoms with Crippen molar-refractivity contribution in [3.63, 3.8) is 0 Å². The van der Waals surface area contributed by atoms with E-state index in [-0.39, 0.29) is 5.60 Å². The Kier molecular flexibility index (Phi) is 3.29. The zero-order valence-electron chi connectivity index (χ0n) is 13.1. The molecule has 0 amide bonds. The first-order valence-corrected chi connectivity index (χ1v) is 8.34. The number of rotatable bonds is 1. The van der Waals surface area contributed by atoms with Crippen LogP contribution in [-0.4, -0.2) is 5.60 Å². The van der Waals surface area contributed by atoms with Crippen molar-refractivity contribution < 1.29 is 4.74 Å². The molecule has 0 unspecified atom stereocenters. The summed E-state index contributed by atoms with van der Waals surface area (Å²) < 4.78 is 6.49. The highest BCUT2D eigenvalue weighted by molar-refractivity contribution is 5.85. The summed E-state index contributed by atoms with van der Waals surface area (Å²) in [5.74, 6) is 1.05. The number of hydrogen-bond donors (Lipinski definition) is 0. The molecular formula is C21H22O. The van der Waals surface area contributed by atoms with E-state index in [0.717, 1.165) is 18.6 Å². The van der Waals surface area contributed by atoms with Crippen molar-refractivity contribution in [3.8, 4) is 5.75 Å². The average Bonchev–Trinajstić information content (AvgIpc) is 2.56. The Morgan fingerprint density at radius 3 is 2.45 bits per heavy atom. The molecule has 22 heavy (non-hydrogen) atoms. The molecule has 1 nitrogen and oxygen atoms in total. The maximum Gasteiger partial charge on any atom is 0.128 e. The molecule has 1 heterocycles. The van der Waals surface area contributed by atoms with Gasteiger partial charge in [-0.15, -0.1) is 0 Å². The lowest BCUT2D eigenvalue weighted by Crippen LogP contribution is -2.38. The molecule has 1 aliphatic heterocycles. The Hall–Kier alpha value is -2.02. The molecule has 1 aliphatic carbocycles. The van der Waals surface area contributed by atoms with Crippen molar-refractivity contribution in [2.45, 2.75) is 44.6 Å². The van der Waals surface area contributed by atoms with E-state index in [9.17, 15) is 0 Å². The summed E-state index contributed by atoms with van der Waals surface area (Å²) in [7, 11) is 0. The Bertz CT molecular complexity index is 706. The predicted molar refractivity (Wildman–Crippen MR) is 91.1 cm³/mol. The van der Waals surface area contributed by atoms with Crippen molar-refractivity contribution in [2.24, 2.45) is 0 Å². The van der Waals surface area contributed by atoms with Gasteiger partial charge in [0, 0.05) is 5.56 Å². The smallest absolute Gasteiger partial charge is 0.128 e. The molecule has 0 atom stereocenters. The number of benzene rings is 2. The molecule has 1 spiro atoms. The van der Waals surface area contributed by atoms with Gasteiger partial charge < -0.3 is 4.74 Å². The van der Waals surface area contributed by atoms with E-state index in [0.29, 0.717) is 0 Å². The van der Waals surface area contributed by atoms with Crippen LogP contribution < -0.4 is 4.74 Å². The fourth-order valence-electron chi connectivity index (χ4n) is 3.79. The first-order valence-electron chi connectivity index (χ1n) is 8.34. The third-order valence-electron chi connectivity index (χ3n) is 4.93. The Labute approximate surface area is 132 Å². The van der Waals surface area contributed by atoms with Gasteiger partial charge in [-0.1, -0.05) is 48.4 Å². The molecule has 0 bridgehead atoms. The zero-order chi connectivity index (χ0) is 15.0. The average molecular weight is 290 g/mol. The van der Waals surface area contributed by atoms with Crippen molar-refractivity contribution >= 4 is 5.57 Å². The van der Waals surface area contributed by atoms with Crippen LogP contribution in [0.3, 0.4) is 0 Å². The first-order chi connectivity index (χ1) is 10.8. The van der Waals surface area contributed by atoms with Gasteiger partial charge in [0.05, 0.1) is 0 Å². The summed E-state index contributed by atoms with van der Waals surface area (Å²) in [6.07, 6.45) is 8.54. The third-order valence-corrected chi connectivity index (χ3v) is 4.93. The maximum atomic E-state index is 6.49. The van der Waals surface area contributed by atoms with E-state index in [1.165, 1.54) is 41.5 Å². The molecule has 0 N–H and O–H groups in total. The third kappa shape index (κ3) is 2.35. The van der Waals surface area contributed by atoms with Gasteiger partial charge in [-0.3, -0.25) is 0 Å². The standard InChI is InChI=1S/C21H22O/c1-16-10-11-20-18(14-16)19(17-8-4-2-5-9-17)15-21(22-20)12-6-3-7-13-21/h2,4-5,8-11,14-15H,3,6-7,12-13H2,1H3. The molecule has 4 rings (SSSR count). The van der Waals surface area contributed by atoms with Crippen LogP contribution in [0.15, 0.2) is 54.6 Å². The van der Waals surface area contributed by atoms with Crippen LogP contribution >= 0.6 is 0 Å². The van der Waals surface area contributed by atoms with E-state index in [1.54, 1.807) is 0 Å². The van der Waals surface area contributed by atoms with Crippen LogP contribution in [0.1, 0.15) is 48.8 Å². The molecule has 1 heteroatoms. The van der Waals surface area contributed by atoms with Crippen molar-refractivity contribution in [1.29, 1.82) is 0 Å². The minimum Gasteiger partial charge on any atom is -0.483 e. The quantitative estimate of drug-likeness (QED) is 0.671. The monoisotopic (exact) mass is 290 g/mol. The van der Waals surface area contributed by atoms with Gasteiger partial charge in [-0.25, -0.2) is 0 Å². The zero-order valence-corrected chi connectivity index (χ0v) is 13.1. The van der Waals surface area contributed by atoms with Crippen LogP contribution in [0, 0.1) is 6.92 Å². The van der Waals surface area contributed by atoms with Crippen molar-refractivity contribution in [1.82, 2.24) is 0 Å². The molecule has 0 aromatic heterocycles. The highest BCUT2D eigenvalue weighted by Gasteiger charge is 2.36. The summed E-state index contributed by atoms with van der Waals surface area (Å²) in [4.78, 5) is 0. The summed E-state index contributed by atoms with van der Waals surface area (Å²) in [5, 5.41) is 0. The molecule has 1 fully saturated rings. The summed E-state index contributed by atoms with van der Waals surface area (Å²) in [6.45, 7) is 2.15. The van der Waals surface area contributed by atoms with Gasteiger partial charge >= 0.3 is 0 Å². The molecule has 2 aromatic rings. The van der Waals surface area contributed by atoms with Crippen LogP contribution in [0.4, 0.5) is 0 Å². The van der Waals surface area contributed by atoms with E-state index in [4.69, 9.17) is 4.74 Å². The second-order valence-corrected chi connectivity index (χ2v) is 6.65. The molecule has 2 aliphatic rings. The van der Waals surface area contributed by atoms with Crippen LogP contribution in [0.5, 0.6) is 5.75 Å². The maximum absolute atomic E-state index is 6.49. The minimum absolute atomic E-state index is 0.0916. The second-order valence-electron chi connectivity index (χ2n) is 6.65. The number of ether oxygens (including phenoxy) is 1. The fourth-order valence-corrected chi connectivity index (χ4v) is 3.79. The predicted octanol–water partition coefficient (Wildman–Crippen LogP) is 5.52. The van der Waals surface area contributed by atoms with E-state index >= 15 is 0 Å². The van der Waals surface area contributed by atoms with E-state index < -0.39 is 0 Å². The summed E-state index contributed by atoms with van der Waals surface area (Å²) in [6, 6.07) is 17.3. The van der Waals surface area contributed by atoms with Crippen molar-refractivity contribution in [2.75, 3.05) is 0 Å². The van der Waals surface area contributed by atoms with Crippen LogP contribution in [-0.2, 0) is 0 Å². The Balaban J connectivity index is 1.88. The Morgan fingerprint density at radius 1 is 0.909 bits per heavy atom. The molecule has 112 valence electrons. The lowest BCUT2D eigenvalue weighted by atomic mass is 9.79. The molecule has 0 radical (unpaired) electrons. The van der Waals surface area contributed by atoms with Crippen LogP contribution in [0.2, 0.25) is 0 Å².